The number of rotatable bonds is 6. The first kappa shape index (κ1) is 35.6. The number of methoxy groups -OCH3 is 3. The van der Waals surface area contributed by atoms with Crippen LogP contribution in [0, 0.1) is 10.1 Å². The summed E-state index contributed by atoms with van der Waals surface area (Å²) in [5.41, 5.74) is 1.26. The van der Waals surface area contributed by atoms with Crippen molar-refractivity contribution in [2.24, 2.45) is 0 Å². The molecule has 0 aliphatic carbocycles. The van der Waals surface area contributed by atoms with Gasteiger partial charge in [0, 0.05) is 41.4 Å². The summed E-state index contributed by atoms with van der Waals surface area (Å²) in [5, 5.41) is 18.3. The van der Waals surface area contributed by atoms with Gasteiger partial charge in [-0.1, -0.05) is 0 Å². The molecule has 0 saturated carbocycles. The second-order valence-electron chi connectivity index (χ2n) is 7.13. The molecule has 0 saturated heterocycles. The van der Waals surface area contributed by atoms with E-state index in [1.54, 1.807) is 12.1 Å². The second-order valence-corrected chi connectivity index (χ2v) is 9.17. The van der Waals surface area contributed by atoms with Crippen LogP contribution in [-0.2, 0) is 52.1 Å². The summed E-state index contributed by atoms with van der Waals surface area (Å²) >= 11 is 2.49. The number of carbonyl (C=O) groups is 5. The Bertz CT molecular complexity index is 1220. The Labute approximate surface area is 242 Å². The van der Waals surface area contributed by atoms with E-state index in [4.69, 9.17) is 9.90 Å². The zero-order valence-corrected chi connectivity index (χ0v) is 24.0. The Kier molecular flexibility index (Phi) is 16.4. The van der Waals surface area contributed by atoms with E-state index in [-0.39, 0.29) is 50.7 Å². The Morgan fingerprint density at radius 3 is 2.05 bits per heavy atom. The predicted molar refractivity (Wildman–Crippen MR) is 138 cm³/mol. The van der Waals surface area contributed by atoms with E-state index in [9.17, 15) is 29.3 Å². The number of carboxylic acids is 1. The summed E-state index contributed by atoms with van der Waals surface area (Å²) in [6, 6.07) is 9.26. The molecule has 0 atom stereocenters. The van der Waals surface area contributed by atoms with Crippen molar-refractivity contribution < 1.29 is 65.3 Å². The van der Waals surface area contributed by atoms with Crippen LogP contribution in [0.5, 0.6) is 0 Å². The van der Waals surface area contributed by atoms with Crippen LogP contribution in [0.15, 0.2) is 46.2 Å². The van der Waals surface area contributed by atoms with E-state index in [1.807, 2.05) is 6.07 Å². The molecule has 0 aromatic heterocycles. The third-order valence-electron chi connectivity index (χ3n) is 4.41. The maximum Gasteiger partial charge on any atom is 0.338 e. The van der Waals surface area contributed by atoms with Crippen LogP contribution in [0.2, 0.25) is 0 Å². The number of esters is 3. The number of benzene rings is 2. The molecule has 1 N–H and O–H groups in total. The Morgan fingerprint density at radius 1 is 1.00 bits per heavy atom. The van der Waals surface area contributed by atoms with Crippen LogP contribution < -0.4 is 0 Å². The maximum atomic E-state index is 11.3. The number of hydrogen-bond donors (Lipinski definition) is 1. The SMILES string of the molecule is CC(=O)O.COC(=O)CSc1ccc(C(=O)OC)cc1[N+](=O)[O-].COC(=O)c1ccc2c(c1)CC(=O)CS2.[Fe]. The van der Waals surface area contributed by atoms with Gasteiger partial charge < -0.3 is 19.3 Å². The smallest absolute Gasteiger partial charge is 0.338 e. The minimum atomic E-state index is -0.833. The van der Waals surface area contributed by atoms with E-state index < -0.39 is 22.8 Å². The van der Waals surface area contributed by atoms with Crippen LogP contribution in [0.25, 0.3) is 0 Å². The van der Waals surface area contributed by atoms with E-state index in [2.05, 4.69) is 14.2 Å². The number of aliphatic carboxylic acids is 1. The van der Waals surface area contributed by atoms with Gasteiger partial charge in [0.25, 0.3) is 11.7 Å². The first-order valence-corrected chi connectivity index (χ1v) is 12.5. The monoisotopic (exact) mass is 623 g/mol. The largest absolute Gasteiger partial charge is 0.481 e. The Balaban J connectivity index is 0.000000647. The molecule has 0 amide bonds. The molecule has 0 bridgehead atoms. The number of thioether (sulfide) groups is 2. The third-order valence-corrected chi connectivity index (χ3v) is 6.62. The number of carbonyl (C=O) groups excluding carboxylic acids is 4. The van der Waals surface area contributed by atoms with Crippen molar-refractivity contribution >= 4 is 58.9 Å². The van der Waals surface area contributed by atoms with Gasteiger partial charge >= 0.3 is 17.9 Å². The number of ether oxygens (including phenoxy) is 3. The van der Waals surface area contributed by atoms with Crippen LogP contribution in [0.4, 0.5) is 5.69 Å². The van der Waals surface area contributed by atoms with Gasteiger partial charge in [-0.3, -0.25) is 24.5 Å². The van der Waals surface area contributed by atoms with Crippen LogP contribution in [0.3, 0.4) is 0 Å². The summed E-state index contributed by atoms with van der Waals surface area (Å²) in [6.45, 7) is 1.08. The van der Waals surface area contributed by atoms with Gasteiger partial charge in [0.05, 0.1) is 53.8 Å². The molecule has 0 radical (unpaired) electrons. The number of carboxylic acid groups (broad SMARTS) is 1. The fraction of sp³-hybridized carbons (Fsp3) is 0.292. The van der Waals surface area contributed by atoms with Gasteiger partial charge in [-0.25, -0.2) is 9.59 Å². The molecule has 1 aliphatic heterocycles. The molecule has 0 spiro atoms. The molecule has 2 aromatic rings. The van der Waals surface area contributed by atoms with Gasteiger partial charge in [0.15, 0.2) is 0 Å². The van der Waals surface area contributed by atoms with E-state index in [0.29, 0.717) is 17.7 Å². The Hall–Kier alpha value is -3.39. The Morgan fingerprint density at radius 2 is 1.54 bits per heavy atom. The molecule has 39 heavy (non-hydrogen) atoms. The van der Waals surface area contributed by atoms with Crippen molar-refractivity contribution in [2.75, 3.05) is 32.8 Å². The van der Waals surface area contributed by atoms with Gasteiger partial charge in [-0.15, -0.1) is 23.5 Å². The molecule has 212 valence electrons. The van der Waals surface area contributed by atoms with Crippen molar-refractivity contribution in [3.05, 3.63) is 63.2 Å². The number of fused-ring (bicyclic) bond motifs is 1. The van der Waals surface area contributed by atoms with Crippen molar-refractivity contribution in [3.8, 4) is 0 Å². The normalized spacial score (nSPS) is 11.0. The first-order valence-electron chi connectivity index (χ1n) is 10.5. The zero-order valence-electron chi connectivity index (χ0n) is 21.2. The first-order chi connectivity index (χ1) is 17.9. The topological polar surface area (TPSA) is 176 Å². The molecule has 15 heteroatoms. The van der Waals surface area contributed by atoms with Crippen molar-refractivity contribution in [3.63, 3.8) is 0 Å². The molecule has 3 rings (SSSR count). The number of ketones is 1. The molecule has 0 fully saturated rings. The maximum absolute atomic E-state index is 11.3. The zero-order chi connectivity index (χ0) is 28.8. The van der Waals surface area contributed by atoms with Crippen LogP contribution >= 0.6 is 23.5 Å². The van der Waals surface area contributed by atoms with E-state index >= 15 is 0 Å². The molecule has 2 aromatic carbocycles. The summed E-state index contributed by atoms with van der Waals surface area (Å²) in [7, 11) is 3.77. The average Bonchev–Trinajstić information content (AvgIpc) is 2.90. The number of nitro groups is 1. The predicted octanol–water partition coefficient (Wildman–Crippen LogP) is 3.43. The average molecular weight is 623 g/mol. The van der Waals surface area contributed by atoms with Crippen LogP contribution in [0.1, 0.15) is 33.2 Å². The van der Waals surface area contributed by atoms with Gasteiger partial charge in [-0.2, -0.15) is 0 Å². The third kappa shape index (κ3) is 12.3. The van der Waals surface area contributed by atoms with Gasteiger partial charge in [0.1, 0.15) is 5.78 Å². The molecule has 0 unspecified atom stereocenters. The summed E-state index contributed by atoms with van der Waals surface area (Å²) in [5.74, 6) is -1.65. The fourth-order valence-corrected chi connectivity index (χ4v) is 4.48. The summed E-state index contributed by atoms with van der Waals surface area (Å²) < 4.78 is 13.6. The second kappa shape index (κ2) is 18.0. The van der Waals surface area contributed by atoms with Crippen LogP contribution in [-0.4, -0.2) is 72.5 Å². The summed E-state index contributed by atoms with van der Waals surface area (Å²) in [6.07, 6.45) is 0.424. The van der Waals surface area contributed by atoms with E-state index in [0.717, 1.165) is 35.2 Å². The molecule has 1 heterocycles. The van der Waals surface area contributed by atoms with Gasteiger partial charge in [0.2, 0.25) is 0 Å². The van der Waals surface area contributed by atoms with Gasteiger partial charge in [-0.05, 0) is 35.9 Å². The number of nitrogens with zero attached hydrogens (tertiary/aromatic N) is 1. The molecule has 12 nitrogen and oxygen atoms in total. The van der Waals surface area contributed by atoms with Crippen molar-refractivity contribution in [1.82, 2.24) is 0 Å². The number of hydrogen-bond acceptors (Lipinski definition) is 12. The molecule has 1 aliphatic rings. The number of Topliss-reactive ketones (excluding diaryl/α,β-unsaturated/α-hetero) is 1. The van der Waals surface area contributed by atoms with Crippen molar-refractivity contribution in [2.45, 2.75) is 23.1 Å². The quantitative estimate of drug-likeness (QED) is 0.124. The standard InChI is InChI=1S/C11H11NO6S.C11H10O3S.C2H4O2.Fe/c1-17-10(13)6-19-9-4-3-7(11(14)18-2)5-8(9)12(15)16;1-14-11(13)7-2-3-10-8(4-7)5-9(12)6-15-10;1-2(3)4;/h3-5H,6H2,1-2H3;2-4H,5-6H2,1H3;1H3,(H,3,4);. The number of nitro benzene ring substituents is 1. The minimum absolute atomic E-state index is 0. The van der Waals surface area contributed by atoms with E-state index in [1.165, 1.54) is 45.2 Å². The fourth-order valence-electron chi connectivity index (χ4n) is 2.75. The minimum Gasteiger partial charge on any atom is -0.481 e. The summed E-state index contributed by atoms with van der Waals surface area (Å²) in [4.78, 5) is 65.5. The van der Waals surface area contributed by atoms with Crippen molar-refractivity contribution in [1.29, 1.82) is 0 Å². The molecular weight excluding hydrogens is 598 g/mol. The molecular formula is C24H25FeNO11S2.